The van der Waals surface area contributed by atoms with Gasteiger partial charge in [-0.05, 0) is 88.2 Å². The van der Waals surface area contributed by atoms with Crippen LogP contribution in [0.1, 0.15) is 52.7 Å². The second-order valence-electron chi connectivity index (χ2n) is 16.5. The van der Waals surface area contributed by atoms with Crippen LogP contribution in [0.2, 0.25) is 0 Å². The SMILES string of the molecule is CC(C)(C)c1ccnc(-n2c3ccncc3c3ccc(Oc4cccc(N5CN(c6cc(C(C)(C)C)ccc6-c6ccccc6)c6ccccc65)c4)cc32)c1. The van der Waals surface area contributed by atoms with Crippen molar-refractivity contribution < 1.29 is 4.74 Å². The lowest BCUT2D eigenvalue weighted by molar-refractivity contribution is 0.483. The predicted molar refractivity (Wildman–Crippen MR) is 228 cm³/mol. The number of ether oxygens (including phenoxy) is 1. The number of hydrogen-bond donors (Lipinski definition) is 0. The summed E-state index contributed by atoms with van der Waals surface area (Å²) in [6.45, 7) is 14.2. The van der Waals surface area contributed by atoms with Gasteiger partial charge in [0.05, 0.1) is 28.1 Å². The molecule has 0 aliphatic carbocycles. The van der Waals surface area contributed by atoms with Crippen molar-refractivity contribution in [3.8, 4) is 28.4 Å². The number of benzene rings is 5. The normalized spacial score (nSPS) is 13.1. The number of fused-ring (bicyclic) bond motifs is 4. The van der Waals surface area contributed by atoms with Crippen LogP contribution in [0.3, 0.4) is 0 Å². The molecule has 0 spiro atoms. The van der Waals surface area contributed by atoms with E-state index < -0.39 is 0 Å². The summed E-state index contributed by atoms with van der Waals surface area (Å²) in [5, 5.41) is 2.18. The molecule has 0 unspecified atom stereocenters. The molecular weight excluding hydrogens is 675 g/mol. The number of rotatable bonds is 6. The Kier molecular flexibility index (Phi) is 8.23. The first-order valence-electron chi connectivity index (χ1n) is 19.0. The third-order valence-corrected chi connectivity index (χ3v) is 10.7. The highest BCUT2D eigenvalue weighted by Crippen LogP contribution is 2.48. The highest BCUT2D eigenvalue weighted by molar-refractivity contribution is 6.09. The molecule has 0 amide bonds. The minimum Gasteiger partial charge on any atom is -0.457 e. The molecule has 0 saturated heterocycles. The van der Waals surface area contributed by atoms with Crippen molar-refractivity contribution in [1.29, 1.82) is 0 Å². The number of aromatic nitrogens is 3. The Morgan fingerprint density at radius 2 is 1.27 bits per heavy atom. The lowest BCUT2D eigenvalue weighted by Gasteiger charge is -2.27. The standard InChI is InChI=1S/C49H45N5O/c1-48(2,3)34-19-21-39(33-13-8-7-9-14-33)45(27-34)53-32-52(43-17-10-11-18-44(43)53)36-15-12-16-37(29-36)55-38-20-22-40-41-31-50-25-24-42(41)54(46(40)30-38)47-28-35(23-26-51-47)49(4,5)6/h7-31H,32H2,1-6H3. The molecule has 6 heteroatoms. The van der Waals surface area contributed by atoms with Crippen LogP contribution in [0.4, 0.5) is 22.7 Å². The Balaban J connectivity index is 1.09. The molecule has 9 rings (SSSR count). The predicted octanol–water partition coefficient (Wildman–Crippen LogP) is 12.9. The first kappa shape index (κ1) is 34.4. The van der Waals surface area contributed by atoms with Gasteiger partial charge < -0.3 is 14.5 Å². The molecule has 6 nitrogen and oxygen atoms in total. The van der Waals surface area contributed by atoms with Gasteiger partial charge in [0.2, 0.25) is 0 Å². The minimum atomic E-state index is -0.00910. The van der Waals surface area contributed by atoms with Crippen LogP contribution in [0.5, 0.6) is 11.5 Å². The number of pyridine rings is 2. The number of para-hydroxylation sites is 2. The smallest absolute Gasteiger partial charge is 0.137 e. The quantitative estimate of drug-likeness (QED) is 0.171. The van der Waals surface area contributed by atoms with Crippen LogP contribution >= 0.6 is 0 Å². The van der Waals surface area contributed by atoms with E-state index in [1.165, 1.54) is 33.6 Å². The van der Waals surface area contributed by atoms with Crippen molar-refractivity contribution in [2.45, 2.75) is 52.4 Å². The van der Waals surface area contributed by atoms with E-state index >= 15 is 0 Å². The monoisotopic (exact) mass is 719 g/mol. The van der Waals surface area contributed by atoms with Crippen LogP contribution in [0.15, 0.2) is 152 Å². The van der Waals surface area contributed by atoms with Crippen molar-refractivity contribution in [3.05, 3.63) is 163 Å². The van der Waals surface area contributed by atoms with E-state index in [-0.39, 0.29) is 10.8 Å². The van der Waals surface area contributed by atoms with E-state index in [1.54, 1.807) is 0 Å². The van der Waals surface area contributed by atoms with E-state index in [0.717, 1.165) is 50.5 Å². The summed E-state index contributed by atoms with van der Waals surface area (Å²) < 4.78 is 8.91. The Morgan fingerprint density at radius 3 is 2.05 bits per heavy atom. The molecule has 55 heavy (non-hydrogen) atoms. The van der Waals surface area contributed by atoms with Crippen LogP contribution in [-0.2, 0) is 10.8 Å². The number of nitrogens with zero attached hydrogens (tertiary/aromatic N) is 5. The van der Waals surface area contributed by atoms with E-state index in [1.807, 2.05) is 30.7 Å². The summed E-state index contributed by atoms with van der Waals surface area (Å²) in [6, 6.07) is 47.4. The highest BCUT2D eigenvalue weighted by atomic mass is 16.5. The van der Waals surface area contributed by atoms with Gasteiger partial charge in [-0.2, -0.15) is 0 Å². The molecule has 272 valence electrons. The minimum absolute atomic E-state index is 0.00910. The maximum Gasteiger partial charge on any atom is 0.137 e. The van der Waals surface area contributed by atoms with Gasteiger partial charge in [-0.3, -0.25) is 9.55 Å². The summed E-state index contributed by atoms with van der Waals surface area (Å²) in [4.78, 5) is 14.1. The lowest BCUT2D eigenvalue weighted by atomic mass is 9.85. The van der Waals surface area contributed by atoms with Crippen molar-refractivity contribution in [2.24, 2.45) is 0 Å². The average molecular weight is 720 g/mol. The fourth-order valence-corrected chi connectivity index (χ4v) is 7.74. The van der Waals surface area contributed by atoms with E-state index in [4.69, 9.17) is 9.72 Å². The molecule has 0 bridgehead atoms. The maximum atomic E-state index is 6.69. The van der Waals surface area contributed by atoms with E-state index in [9.17, 15) is 0 Å². The van der Waals surface area contributed by atoms with Crippen molar-refractivity contribution >= 4 is 44.6 Å². The zero-order valence-electron chi connectivity index (χ0n) is 32.3. The maximum absolute atomic E-state index is 6.69. The van der Waals surface area contributed by atoms with Crippen molar-refractivity contribution in [1.82, 2.24) is 14.5 Å². The van der Waals surface area contributed by atoms with Gasteiger partial charge in [0, 0.05) is 52.7 Å². The molecule has 0 atom stereocenters. The molecular formula is C49H45N5O. The van der Waals surface area contributed by atoms with Gasteiger partial charge >= 0.3 is 0 Å². The third kappa shape index (κ3) is 6.27. The largest absolute Gasteiger partial charge is 0.457 e. The average Bonchev–Trinajstić information content (AvgIpc) is 3.74. The fraction of sp³-hybridized carbons (Fsp3) is 0.184. The number of anilines is 4. The first-order chi connectivity index (χ1) is 26.5. The van der Waals surface area contributed by atoms with Crippen LogP contribution in [0.25, 0.3) is 38.8 Å². The Hall–Kier alpha value is -6.40. The van der Waals surface area contributed by atoms with Crippen LogP contribution in [-0.4, -0.2) is 21.2 Å². The van der Waals surface area contributed by atoms with E-state index in [2.05, 4.69) is 182 Å². The second kappa shape index (κ2) is 13.2. The molecule has 4 heterocycles. The number of hydrogen-bond acceptors (Lipinski definition) is 5. The van der Waals surface area contributed by atoms with Gasteiger partial charge in [-0.15, -0.1) is 0 Å². The molecule has 8 aromatic rings. The topological polar surface area (TPSA) is 46.4 Å². The molecule has 5 aromatic carbocycles. The molecule has 1 aliphatic heterocycles. The van der Waals surface area contributed by atoms with E-state index in [0.29, 0.717) is 6.67 Å². The van der Waals surface area contributed by atoms with Crippen molar-refractivity contribution in [2.75, 3.05) is 16.5 Å². The summed E-state index contributed by atoms with van der Waals surface area (Å²) in [5.41, 5.74) is 11.6. The summed E-state index contributed by atoms with van der Waals surface area (Å²) >= 11 is 0. The van der Waals surface area contributed by atoms with Gasteiger partial charge in [0.15, 0.2) is 0 Å². The lowest BCUT2D eigenvalue weighted by Crippen LogP contribution is -2.25. The Labute approximate surface area is 323 Å². The van der Waals surface area contributed by atoms with Gasteiger partial charge in [0.1, 0.15) is 24.0 Å². The summed E-state index contributed by atoms with van der Waals surface area (Å²) in [7, 11) is 0. The van der Waals surface area contributed by atoms with Crippen LogP contribution in [0, 0.1) is 0 Å². The van der Waals surface area contributed by atoms with Crippen molar-refractivity contribution in [3.63, 3.8) is 0 Å². The molecule has 0 N–H and O–H groups in total. The molecule has 0 radical (unpaired) electrons. The summed E-state index contributed by atoms with van der Waals surface area (Å²) in [6.07, 6.45) is 5.68. The van der Waals surface area contributed by atoms with Crippen LogP contribution < -0.4 is 14.5 Å². The third-order valence-electron chi connectivity index (χ3n) is 10.7. The van der Waals surface area contributed by atoms with Gasteiger partial charge in [-0.1, -0.05) is 102 Å². The zero-order chi connectivity index (χ0) is 37.9. The Bertz CT molecular complexity index is 2700. The first-order valence-corrected chi connectivity index (χ1v) is 19.0. The van der Waals surface area contributed by atoms with Gasteiger partial charge in [-0.25, -0.2) is 4.98 Å². The molecule has 0 fully saturated rings. The Morgan fingerprint density at radius 1 is 0.545 bits per heavy atom. The highest BCUT2D eigenvalue weighted by Gasteiger charge is 2.30. The fourth-order valence-electron chi connectivity index (χ4n) is 7.74. The van der Waals surface area contributed by atoms with Gasteiger partial charge in [0.25, 0.3) is 0 Å². The molecule has 0 saturated carbocycles. The second-order valence-corrected chi connectivity index (χ2v) is 16.5. The molecule has 1 aliphatic rings. The molecule has 3 aromatic heterocycles. The summed E-state index contributed by atoms with van der Waals surface area (Å²) in [5.74, 6) is 2.40. The zero-order valence-corrected chi connectivity index (χ0v) is 32.3.